The number of aliphatic hydroxyl groups excluding tert-OH is 1. The molecule has 2 aliphatic rings. The van der Waals surface area contributed by atoms with Gasteiger partial charge < -0.3 is 23.5 Å². The molecule has 0 amide bonds. The maximum absolute atomic E-state index is 11.8. The molecule has 4 rings (SSSR count). The molecule has 0 aliphatic carbocycles. The van der Waals surface area contributed by atoms with Crippen LogP contribution < -0.4 is 18.4 Å². The summed E-state index contributed by atoms with van der Waals surface area (Å²) in [5.41, 5.74) is 0.989. The molecule has 0 bridgehead atoms. The van der Waals surface area contributed by atoms with Crippen LogP contribution in [0.5, 0.6) is 23.0 Å². The molecule has 1 spiro atoms. The van der Waals surface area contributed by atoms with Gasteiger partial charge in [0, 0.05) is 47.5 Å². The van der Waals surface area contributed by atoms with E-state index in [4.69, 9.17) is 18.4 Å². The molecular formula is C28H38O9S2. The van der Waals surface area contributed by atoms with E-state index in [9.17, 15) is 21.9 Å². The molecule has 2 unspecified atom stereocenters. The Balaban J connectivity index is 1.65. The fourth-order valence-corrected chi connectivity index (χ4v) is 6.64. The van der Waals surface area contributed by atoms with Crippen LogP contribution in [-0.4, -0.2) is 52.3 Å². The fraction of sp³-hybridized carbons (Fsp3) is 0.571. The van der Waals surface area contributed by atoms with Gasteiger partial charge in [-0.1, -0.05) is 27.7 Å². The Bertz CT molecular complexity index is 1510. The molecule has 0 radical (unpaired) electrons. The first-order chi connectivity index (χ1) is 17.7. The third-order valence-corrected chi connectivity index (χ3v) is 9.09. The average molecular weight is 583 g/mol. The summed E-state index contributed by atoms with van der Waals surface area (Å²) in [6.45, 7) is 12.1. The van der Waals surface area contributed by atoms with E-state index in [1.54, 1.807) is 19.1 Å². The zero-order chi connectivity index (χ0) is 29.2. The molecule has 2 atom stereocenters. The molecule has 0 aromatic heterocycles. The molecule has 216 valence electrons. The van der Waals surface area contributed by atoms with E-state index < -0.39 is 36.6 Å². The second-order valence-electron chi connectivity index (χ2n) is 12.2. The van der Waals surface area contributed by atoms with Gasteiger partial charge in [0.05, 0.1) is 12.9 Å². The lowest BCUT2D eigenvalue weighted by Crippen LogP contribution is -2.55. The number of fused-ring (bicyclic) bond motifs is 2. The molecule has 39 heavy (non-hydrogen) atoms. The second kappa shape index (κ2) is 9.55. The first kappa shape index (κ1) is 29.5. The van der Waals surface area contributed by atoms with Gasteiger partial charge in [0.1, 0.15) is 23.0 Å². The summed E-state index contributed by atoms with van der Waals surface area (Å²) >= 11 is 0. The monoisotopic (exact) mass is 582 g/mol. The van der Waals surface area contributed by atoms with Crippen molar-refractivity contribution >= 4 is 20.0 Å². The van der Waals surface area contributed by atoms with E-state index in [0.717, 1.165) is 29.2 Å². The van der Waals surface area contributed by atoms with Gasteiger partial charge in [0.15, 0.2) is 15.3 Å². The molecule has 2 heterocycles. The number of aryl methyl sites for hydroxylation is 2. The van der Waals surface area contributed by atoms with Crippen molar-refractivity contribution in [1.82, 2.24) is 0 Å². The lowest BCUT2D eigenvalue weighted by Gasteiger charge is -2.51. The minimum absolute atomic E-state index is 0.0307. The number of benzene rings is 2. The highest BCUT2D eigenvalue weighted by Crippen LogP contribution is 2.55. The van der Waals surface area contributed by atoms with Gasteiger partial charge in [-0.05, 0) is 49.2 Å². The smallest absolute Gasteiger partial charge is 0.306 e. The van der Waals surface area contributed by atoms with Crippen LogP contribution in [0.15, 0.2) is 24.3 Å². The minimum atomic E-state index is -3.68. The van der Waals surface area contributed by atoms with Crippen molar-refractivity contribution in [2.75, 3.05) is 19.1 Å². The van der Waals surface area contributed by atoms with Gasteiger partial charge in [0.25, 0.3) is 5.79 Å². The largest absolute Gasteiger partial charge is 0.493 e. The Hall–Kier alpha value is -2.50. The second-order valence-corrected chi connectivity index (χ2v) is 16.0. The lowest BCUT2D eigenvalue weighted by atomic mass is 9.69. The Labute approximate surface area is 231 Å². The van der Waals surface area contributed by atoms with Crippen LogP contribution >= 0.6 is 0 Å². The summed E-state index contributed by atoms with van der Waals surface area (Å²) < 4.78 is 70.9. The van der Waals surface area contributed by atoms with Gasteiger partial charge in [-0.25, -0.2) is 8.42 Å². The standard InChI is InChI=1S/C28H38O9S2/c1-17-11-23-19(13-21(17)34-10-9-25(29)38(7,30)31)26(3,4)15-28(35-23)16-27(5,6)20-14-22(37-39(8,32)33)18(2)12-24(20)36-28/h11-14,25,29H,9-10,15-16H2,1-8H3. The molecule has 0 saturated heterocycles. The number of sulfone groups is 1. The van der Waals surface area contributed by atoms with Crippen LogP contribution in [0.25, 0.3) is 0 Å². The van der Waals surface area contributed by atoms with Crippen molar-refractivity contribution < 1.29 is 40.3 Å². The highest BCUT2D eigenvalue weighted by molar-refractivity contribution is 7.91. The van der Waals surface area contributed by atoms with E-state index in [0.29, 0.717) is 35.7 Å². The van der Waals surface area contributed by atoms with Gasteiger partial charge in [-0.3, -0.25) is 0 Å². The third kappa shape index (κ3) is 6.15. The van der Waals surface area contributed by atoms with Gasteiger partial charge in [0.2, 0.25) is 0 Å². The predicted octanol–water partition coefficient (Wildman–Crippen LogP) is 4.29. The summed E-state index contributed by atoms with van der Waals surface area (Å²) in [6.07, 6.45) is 3.06. The van der Waals surface area contributed by atoms with Crippen LogP contribution in [0, 0.1) is 13.8 Å². The van der Waals surface area contributed by atoms with E-state index in [2.05, 4.69) is 27.7 Å². The normalized spacial score (nSPS) is 22.2. The highest BCUT2D eigenvalue weighted by atomic mass is 32.2. The van der Waals surface area contributed by atoms with Crippen LogP contribution in [0.4, 0.5) is 0 Å². The number of ether oxygens (including phenoxy) is 3. The minimum Gasteiger partial charge on any atom is -0.493 e. The van der Waals surface area contributed by atoms with Crippen LogP contribution in [0.1, 0.15) is 69.2 Å². The number of rotatable bonds is 7. The van der Waals surface area contributed by atoms with Crippen LogP contribution in [0.3, 0.4) is 0 Å². The Morgan fingerprint density at radius 3 is 1.77 bits per heavy atom. The summed E-state index contributed by atoms with van der Waals surface area (Å²) in [5.74, 6) is 1.25. The maximum Gasteiger partial charge on any atom is 0.306 e. The van der Waals surface area contributed by atoms with Crippen molar-refractivity contribution in [2.45, 2.75) is 82.9 Å². The maximum atomic E-state index is 11.8. The summed E-state index contributed by atoms with van der Waals surface area (Å²) in [5, 5.41) is 9.81. The summed E-state index contributed by atoms with van der Waals surface area (Å²) in [7, 11) is -7.23. The molecule has 0 fully saturated rings. The number of hydrogen-bond acceptors (Lipinski definition) is 9. The molecule has 2 aromatic rings. The predicted molar refractivity (Wildman–Crippen MR) is 148 cm³/mol. The number of aliphatic hydroxyl groups is 1. The molecular weight excluding hydrogens is 544 g/mol. The number of hydrogen-bond donors (Lipinski definition) is 1. The van der Waals surface area contributed by atoms with Crippen molar-refractivity contribution in [1.29, 1.82) is 0 Å². The fourth-order valence-electron chi connectivity index (χ4n) is 5.61. The van der Waals surface area contributed by atoms with Gasteiger partial charge >= 0.3 is 10.1 Å². The first-order valence-electron chi connectivity index (χ1n) is 12.8. The molecule has 2 aromatic carbocycles. The Morgan fingerprint density at radius 2 is 1.31 bits per heavy atom. The van der Waals surface area contributed by atoms with E-state index in [1.165, 1.54) is 0 Å². The molecule has 1 N–H and O–H groups in total. The van der Waals surface area contributed by atoms with Gasteiger partial charge in [-0.15, -0.1) is 0 Å². The summed E-state index contributed by atoms with van der Waals surface area (Å²) in [6, 6.07) is 7.37. The Morgan fingerprint density at radius 1 is 0.846 bits per heavy atom. The summed E-state index contributed by atoms with van der Waals surface area (Å²) in [4.78, 5) is 0. The highest BCUT2D eigenvalue weighted by Gasteiger charge is 2.53. The molecule has 0 saturated carbocycles. The van der Waals surface area contributed by atoms with Crippen molar-refractivity contribution in [3.05, 3.63) is 46.5 Å². The molecule has 2 aliphatic heterocycles. The van der Waals surface area contributed by atoms with Crippen molar-refractivity contribution in [2.24, 2.45) is 0 Å². The quantitative estimate of drug-likeness (QED) is 0.476. The SMILES string of the molecule is Cc1cc2c(cc1OCCC(O)S(C)(=O)=O)C(C)(C)CC1(CC(C)(C)c3cc(OS(C)(=O)=O)c(C)cc3O1)O2. The zero-order valence-electron chi connectivity index (χ0n) is 23.7. The van der Waals surface area contributed by atoms with Crippen LogP contribution in [0.2, 0.25) is 0 Å². The van der Waals surface area contributed by atoms with E-state index in [-0.39, 0.29) is 24.2 Å². The van der Waals surface area contributed by atoms with Gasteiger partial charge in [-0.2, -0.15) is 8.42 Å². The Kier molecular flexibility index (Phi) is 7.22. The van der Waals surface area contributed by atoms with E-state index in [1.807, 2.05) is 19.1 Å². The van der Waals surface area contributed by atoms with Crippen molar-refractivity contribution in [3.8, 4) is 23.0 Å². The molecule has 9 nitrogen and oxygen atoms in total. The first-order valence-corrected chi connectivity index (χ1v) is 16.6. The zero-order valence-corrected chi connectivity index (χ0v) is 25.4. The van der Waals surface area contributed by atoms with E-state index >= 15 is 0 Å². The van der Waals surface area contributed by atoms with Crippen molar-refractivity contribution in [3.63, 3.8) is 0 Å². The average Bonchev–Trinajstić information content (AvgIpc) is 2.73. The third-order valence-electron chi connectivity index (χ3n) is 7.38. The lowest BCUT2D eigenvalue weighted by molar-refractivity contribution is -0.166. The van der Waals surface area contributed by atoms with Crippen LogP contribution in [-0.2, 0) is 30.8 Å². The topological polar surface area (TPSA) is 125 Å². The molecule has 11 heteroatoms.